The minimum Gasteiger partial charge on any atom is -0.339 e. The Kier molecular flexibility index (Phi) is 6.42. The summed E-state index contributed by atoms with van der Waals surface area (Å²) < 4.78 is 25.4. The lowest BCUT2D eigenvalue weighted by Gasteiger charge is -2.36. The largest absolute Gasteiger partial charge is 0.339 e. The van der Waals surface area contributed by atoms with Gasteiger partial charge in [-0.25, -0.2) is 8.42 Å². The van der Waals surface area contributed by atoms with Crippen molar-refractivity contribution in [3.8, 4) is 0 Å². The van der Waals surface area contributed by atoms with Crippen molar-refractivity contribution in [2.24, 2.45) is 11.7 Å². The highest BCUT2D eigenvalue weighted by molar-refractivity contribution is 7.89. The van der Waals surface area contributed by atoms with Gasteiger partial charge in [0.25, 0.3) is 0 Å². The molecule has 0 aromatic heterocycles. The quantitative estimate of drug-likeness (QED) is 0.762. The van der Waals surface area contributed by atoms with Crippen LogP contribution in [0, 0.1) is 5.92 Å². The van der Waals surface area contributed by atoms with E-state index in [1.807, 2.05) is 20.8 Å². The van der Waals surface area contributed by atoms with E-state index in [0.29, 0.717) is 32.6 Å². The van der Waals surface area contributed by atoms with Crippen molar-refractivity contribution in [3.05, 3.63) is 0 Å². The van der Waals surface area contributed by atoms with E-state index < -0.39 is 16.1 Å². The maximum Gasteiger partial charge on any atom is 0.239 e. The zero-order valence-corrected chi connectivity index (χ0v) is 13.5. The average molecular weight is 305 g/mol. The molecule has 2 atom stereocenters. The van der Waals surface area contributed by atoms with Crippen molar-refractivity contribution in [2.45, 2.75) is 39.7 Å². The molecule has 1 aliphatic rings. The lowest BCUT2D eigenvalue weighted by atomic mass is 9.99. The van der Waals surface area contributed by atoms with E-state index in [4.69, 9.17) is 5.73 Å². The molecule has 7 heteroatoms. The van der Waals surface area contributed by atoms with Gasteiger partial charge in [-0.15, -0.1) is 0 Å². The minimum atomic E-state index is -3.16. The van der Waals surface area contributed by atoms with Gasteiger partial charge in [-0.1, -0.05) is 27.2 Å². The molecule has 1 amide bonds. The first-order chi connectivity index (χ1) is 9.33. The number of nitrogens with two attached hydrogens (primary N) is 1. The second kappa shape index (κ2) is 7.38. The number of piperazine rings is 1. The van der Waals surface area contributed by atoms with Crippen LogP contribution in [0.5, 0.6) is 0 Å². The molecule has 1 rings (SSSR count). The fourth-order valence-electron chi connectivity index (χ4n) is 2.28. The molecule has 118 valence electrons. The topological polar surface area (TPSA) is 83.7 Å². The molecule has 6 nitrogen and oxygen atoms in total. The summed E-state index contributed by atoms with van der Waals surface area (Å²) in [5, 5.41) is 0. The predicted molar refractivity (Wildman–Crippen MR) is 79.7 cm³/mol. The summed E-state index contributed by atoms with van der Waals surface area (Å²) in [5.74, 6) is 0.254. The van der Waals surface area contributed by atoms with E-state index in [1.54, 1.807) is 4.90 Å². The van der Waals surface area contributed by atoms with Gasteiger partial charge in [-0.05, 0) is 12.3 Å². The molecular formula is C13H27N3O3S. The summed E-state index contributed by atoms with van der Waals surface area (Å²) in [5.41, 5.74) is 5.95. The monoisotopic (exact) mass is 305 g/mol. The molecular weight excluding hydrogens is 278 g/mol. The third kappa shape index (κ3) is 4.17. The smallest absolute Gasteiger partial charge is 0.239 e. The van der Waals surface area contributed by atoms with Crippen LogP contribution in [0.1, 0.15) is 33.6 Å². The fourth-order valence-corrected chi connectivity index (χ4v) is 3.78. The van der Waals surface area contributed by atoms with Crippen molar-refractivity contribution >= 4 is 15.9 Å². The Morgan fingerprint density at radius 2 is 1.75 bits per heavy atom. The van der Waals surface area contributed by atoms with Crippen LogP contribution in [-0.2, 0) is 14.8 Å². The Bertz CT molecular complexity index is 417. The normalized spacial score (nSPS) is 20.7. The first kappa shape index (κ1) is 17.4. The Hall–Kier alpha value is -0.660. The van der Waals surface area contributed by atoms with Gasteiger partial charge in [0.2, 0.25) is 15.9 Å². The number of hydrogen-bond donors (Lipinski definition) is 1. The summed E-state index contributed by atoms with van der Waals surface area (Å²) in [6.45, 7) is 7.44. The van der Waals surface area contributed by atoms with Crippen molar-refractivity contribution in [1.29, 1.82) is 0 Å². The number of hydrogen-bond acceptors (Lipinski definition) is 4. The molecule has 0 spiro atoms. The first-order valence-corrected chi connectivity index (χ1v) is 8.96. The Labute approximate surface area is 122 Å². The highest BCUT2D eigenvalue weighted by Crippen LogP contribution is 2.13. The van der Waals surface area contributed by atoms with E-state index >= 15 is 0 Å². The maximum atomic E-state index is 12.2. The van der Waals surface area contributed by atoms with Crippen LogP contribution in [0.2, 0.25) is 0 Å². The summed E-state index contributed by atoms with van der Waals surface area (Å²) in [7, 11) is -3.16. The first-order valence-electron chi connectivity index (χ1n) is 7.35. The number of sulfonamides is 1. The van der Waals surface area contributed by atoms with Gasteiger partial charge in [0.1, 0.15) is 0 Å². The lowest BCUT2D eigenvalue weighted by molar-refractivity contribution is -0.134. The summed E-state index contributed by atoms with van der Waals surface area (Å²) in [4.78, 5) is 13.9. The Morgan fingerprint density at radius 1 is 1.20 bits per heavy atom. The summed E-state index contributed by atoms with van der Waals surface area (Å²) >= 11 is 0. The van der Waals surface area contributed by atoms with E-state index in [9.17, 15) is 13.2 Å². The number of amides is 1. The molecule has 1 aliphatic heterocycles. The SMILES string of the molecule is CCCS(=O)(=O)N1CCN(C(=O)C(N)C(C)CC)CC1. The van der Waals surface area contributed by atoms with Crippen LogP contribution in [0.15, 0.2) is 0 Å². The van der Waals surface area contributed by atoms with Gasteiger partial charge in [-0.2, -0.15) is 4.31 Å². The number of nitrogens with zero attached hydrogens (tertiary/aromatic N) is 2. The lowest BCUT2D eigenvalue weighted by Crippen LogP contribution is -2.55. The molecule has 2 unspecified atom stereocenters. The number of carbonyl (C=O) groups excluding carboxylic acids is 1. The molecule has 0 aromatic rings. The minimum absolute atomic E-state index is 0.0631. The van der Waals surface area contributed by atoms with Crippen LogP contribution < -0.4 is 5.73 Å². The van der Waals surface area contributed by atoms with Crippen LogP contribution in [0.3, 0.4) is 0 Å². The molecule has 20 heavy (non-hydrogen) atoms. The van der Waals surface area contributed by atoms with Gasteiger partial charge in [-0.3, -0.25) is 4.79 Å². The second-order valence-electron chi connectivity index (χ2n) is 5.45. The van der Waals surface area contributed by atoms with E-state index in [2.05, 4.69) is 0 Å². The third-order valence-corrected chi connectivity index (χ3v) is 6.02. The molecule has 0 bridgehead atoms. The molecule has 0 radical (unpaired) electrons. The summed E-state index contributed by atoms with van der Waals surface area (Å²) in [6.07, 6.45) is 1.47. The van der Waals surface area contributed by atoms with Crippen LogP contribution in [0.4, 0.5) is 0 Å². The molecule has 0 saturated carbocycles. The van der Waals surface area contributed by atoms with Gasteiger partial charge >= 0.3 is 0 Å². The van der Waals surface area contributed by atoms with E-state index in [1.165, 1.54) is 4.31 Å². The highest BCUT2D eigenvalue weighted by atomic mass is 32.2. The molecule has 1 saturated heterocycles. The van der Waals surface area contributed by atoms with Crippen LogP contribution >= 0.6 is 0 Å². The Morgan fingerprint density at radius 3 is 2.20 bits per heavy atom. The Balaban J connectivity index is 2.56. The van der Waals surface area contributed by atoms with Crippen molar-refractivity contribution < 1.29 is 13.2 Å². The van der Waals surface area contributed by atoms with Crippen LogP contribution in [-0.4, -0.2) is 61.5 Å². The van der Waals surface area contributed by atoms with E-state index in [0.717, 1.165) is 6.42 Å². The standard InChI is InChI=1S/C13H27N3O3S/c1-4-10-20(18,19)16-8-6-15(7-9-16)13(17)12(14)11(3)5-2/h11-12H,4-10,14H2,1-3H3. The fraction of sp³-hybridized carbons (Fsp3) is 0.923. The second-order valence-corrected chi connectivity index (χ2v) is 7.54. The average Bonchev–Trinajstić information content (AvgIpc) is 2.45. The summed E-state index contributed by atoms with van der Waals surface area (Å²) in [6, 6.07) is -0.487. The predicted octanol–water partition coefficient (Wildman–Crippen LogP) is 0.244. The van der Waals surface area contributed by atoms with Gasteiger partial charge in [0, 0.05) is 26.2 Å². The zero-order chi connectivity index (χ0) is 15.3. The van der Waals surface area contributed by atoms with Crippen LogP contribution in [0.25, 0.3) is 0 Å². The molecule has 0 aromatic carbocycles. The van der Waals surface area contributed by atoms with Gasteiger partial charge < -0.3 is 10.6 Å². The van der Waals surface area contributed by atoms with Crippen molar-refractivity contribution in [2.75, 3.05) is 31.9 Å². The molecule has 1 fully saturated rings. The third-order valence-electron chi connectivity index (χ3n) is 3.95. The zero-order valence-electron chi connectivity index (χ0n) is 12.7. The maximum absolute atomic E-state index is 12.2. The van der Waals surface area contributed by atoms with Crippen molar-refractivity contribution in [3.63, 3.8) is 0 Å². The van der Waals surface area contributed by atoms with Gasteiger partial charge in [0.15, 0.2) is 0 Å². The molecule has 0 aliphatic carbocycles. The molecule has 2 N–H and O–H groups in total. The van der Waals surface area contributed by atoms with E-state index in [-0.39, 0.29) is 17.6 Å². The van der Waals surface area contributed by atoms with Crippen molar-refractivity contribution in [1.82, 2.24) is 9.21 Å². The van der Waals surface area contributed by atoms with Gasteiger partial charge in [0.05, 0.1) is 11.8 Å². The molecule has 1 heterocycles. The highest BCUT2D eigenvalue weighted by Gasteiger charge is 2.31. The number of carbonyl (C=O) groups is 1. The number of rotatable bonds is 6.